The maximum absolute atomic E-state index is 12.6. The molecule has 2 rings (SSSR count). The van der Waals surface area contributed by atoms with Crippen LogP contribution in [0, 0.1) is 6.92 Å². The Morgan fingerprint density at radius 1 is 0.963 bits per heavy atom. The fourth-order valence-corrected chi connectivity index (χ4v) is 3.51. The van der Waals surface area contributed by atoms with E-state index in [1.165, 1.54) is 33.5 Å². The summed E-state index contributed by atoms with van der Waals surface area (Å²) in [5.41, 5.74) is 1.38. The molecule has 27 heavy (non-hydrogen) atoms. The van der Waals surface area contributed by atoms with Crippen molar-refractivity contribution in [3.8, 4) is 17.2 Å². The van der Waals surface area contributed by atoms with Gasteiger partial charge in [0.05, 0.1) is 33.6 Å². The van der Waals surface area contributed by atoms with Gasteiger partial charge >= 0.3 is 0 Å². The first-order chi connectivity index (χ1) is 12.8. The molecule has 2 aromatic carbocycles. The molecule has 0 aromatic heterocycles. The SMILES string of the molecule is COc1ccc(OC)c(S(=O)(=O)NCC(=O)Nc2cc(C)ccc2OC)c1. The third-order valence-electron chi connectivity index (χ3n) is 3.71. The minimum absolute atomic E-state index is 0.120. The lowest BCUT2D eigenvalue weighted by atomic mass is 10.2. The summed E-state index contributed by atoms with van der Waals surface area (Å²) in [5.74, 6) is 0.435. The number of amides is 1. The lowest BCUT2D eigenvalue weighted by Crippen LogP contribution is -2.33. The van der Waals surface area contributed by atoms with Gasteiger partial charge in [-0.3, -0.25) is 4.79 Å². The summed E-state index contributed by atoms with van der Waals surface area (Å²) >= 11 is 0. The molecule has 2 aromatic rings. The van der Waals surface area contributed by atoms with Crippen molar-refractivity contribution in [1.82, 2.24) is 4.72 Å². The van der Waals surface area contributed by atoms with E-state index in [-0.39, 0.29) is 10.6 Å². The fourth-order valence-electron chi connectivity index (χ4n) is 2.35. The van der Waals surface area contributed by atoms with Crippen molar-refractivity contribution in [1.29, 1.82) is 0 Å². The van der Waals surface area contributed by atoms with E-state index in [0.717, 1.165) is 5.56 Å². The van der Waals surface area contributed by atoms with Gasteiger partial charge in [0.1, 0.15) is 22.1 Å². The first kappa shape index (κ1) is 20.5. The van der Waals surface area contributed by atoms with Crippen molar-refractivity contribution >= 4 is 21.6 Å². The van der Waals surface area contributed by atoms with Gasteiger partial charge in [-0.25, -0.2) is 13.1 Å². The zero-order valence-corrected chi connectivity index (χ0v) is 16.3. The number of hydrogen-bond acceptors (Lipinski definition) is 6. The second kappa shape index (κ2) is 8.74. The van der Waals surface area contributed by atoms with E-state index in [2.05, 4.69) is 10.0 Å². The number of ether oxygens (including phenoxy) is 3. The molecule has 8 nitrogen and oxygen atoms in total. The van der Waals surface area contributed by atoms with Crippen LogP contribution in [0.25, 0.3) is 0 Å². The Morgan fingerprint density at radius 2 is 1.63 bits per heavy atom. The van der Waals surface area contributed by atoms with E-state index >= 15 is 0 Å². The van der Waals surface area contributed by atoms with Crippen LogP contribution in [0.4, 0.5) is 5.69 Å². The van der Waals surface area contributed by atoms with Crippen LogP contribution in [0.3, 0.4) is 0 Å². The summed E-state index contributed by atoms with van der Waals surface area (Å²) < 4.78 is 42.7. The normalized spacial score (nSPS) is 11.0. The second-order valence-electron chi connectivity index (χ2n) is 5.59. The van der Waals surface area contributed by atoms with Gasteiger partial charge in [-0.15, -0.1) is 0 Å². The minimum atomic E-state index is -3.99. The van der Waals surface area contributed by atoms with Crippen LogP contribution in [-0.2, 0) is 14.8 Å². The van der Waals surface area contributed by atoms with Crippen molar-refractivity contribution in [2.45, 2.75) is 11.8 Å². The molecule has 0 aliphatic heterocycles. The third kappa shape index (κ3) is 5.11. The van der Waals surface area contributed by atoms with Crippen molar-refractivity contribution in [2.24, 2.45) is 0 Å². The zero-order chi connectivity index (χ0) is 20.0. The second-order valence-corrected chi connectivity index (χ2v) is 7.33. The molecule has 2 N–H and O–H groups in total. The Labute approximate surface area is 158 Å². The van der Waals surface area contributed by atoms with Crippen LogP contribution in [0.1, 0.15) is 5.56 Å². The van der Waals surface area contributed by atoms with Gasteiger partial charge in [0.25, 0.3) is 0 Å². The predicted octanol–water partition coefficient (Wildman–Crippen LogP) is 1.94. The molecule has 0 radical (unpaired) electrons. The molecule has 0 saturated heterocycles. The number of benzene rings is 2. The van der Waals surface area contributed by atoms with Gasteiger partial charge < -0.3 is 19.5 Å². The van der Waals surface area contributed by atoms with Gasteiger partial charge in [0.15, 0.2) is 0 Å². The molecule has 0 spiro atoms. The van der Waals surface area contributed by atoms with Gasteiger partial charge in [0.2, 0.25) is 15.9 Å². The number of rotatable bonds is 8. The van der Waals surface area contributed by atoms with Crippen molar-refractivity contribution < 1.29 is 27.4 Å². The Bertz CT molecular complexity index is 927. The summed E-state index contributed by atoms with van der Waals surface area (Å²) in [5, 5.41) is 2.63. The molecular weight excluding hydrogens is 372 g/mol. The number of carbonyl (C=O) groups excluding carboxylic acids is 1. The van der Waals surface area contributed by atoms with Crippen LogP contribution in [0.5, 0.6) is 17.2 Å². The van der Waals surface area contributed by atoms with Crippen molar-refractivity contribution in [3.05, 3.63) is 42.0 Å². The van der Waals surface area contributed by atoms with Crippen molar-refractivity contribution in [2.75, 3.05) is 33.2 Å². The molecule has 0 unspecified atom stereocenters. The van der Waals surface area contributed by atoms with Gasteiger partial charge in [0, 0.05) is 6.07 Å². The predicted molar refractivity (Wildman–Crippen MR) is 101 cm³/mol. The molecule has 0 aliphatic carbocycles. The zero-order valence-electron chi connectivity index (χ0n) is 15.5. The number of carbonyl (C=O) groups is 1. The third-order valence-corrected chi connectivity index (χ3v) is 5.13. The Kier molecular flexibility index (Phi) is 6.65. The molecule has 0 atom stereocenters. The van der Waals surface area contributed by atoms with Crippen LogP contribution >= 0.6 is 0 Å². The summed E-state index contributed by atoms with van der Waals surface area (Å²) in [6, 6.07) is 9.67. The molecule has 0 saturated carbocycles. The molecule has 1 amide bonds. The summed E-state index contributed by atoms with van der Waals surface area (Å²) in [6.45, 7) is 1.41. The largest absolute Gasteiger partial charge is 0.497 e. The minimum Gasteiger partial charge on any atom is -0.497 e. The number of methoxy groups -OCH3 is 3. The van der Waals surface area contributed by atoms with Crippen LogP contribution in [0.2, 0.25) is 0 Å². The number of nitrogens with one attached hydrogen (secondary N) is 2. The highest BCUT2D eigenvalue weighted by Crippen LogP contribution is 2.28. The maximum Gasteiger partial charge on any atom is 0.244 e. The summed E-state index contributed by atoms with van der Waals surface area (Å²) in [4.78, 5) is 12.1. The smallest absolute Gasteiger partial charge is 0.244 e. The molecule has 0 bridgehead atoms. The van der Waals surface area contributed by atoms with E-state index in [0.29, 0.717) is 17.2 Å². The average molecular weight is 394 g/mol. The van der Waals surface area contributed by atoms with E-state index in [1.54, 1.807) is 18.2 Å². The van der Waals surface area contributed by atoms with E-state index < -0.39 is 22.5 Å². The van der Waals surface area contributed by atoms with E-state index in [4.69, 9.17) is 14.2 Å². The molecule has 0 fully saturated rings. The van der Waals surface area contributed by atoms with Gasteiger partial charge in [-0.2, -0.15) is 0 Å². The number of anilines is 1. The molecule has 0 aliphatic rings. The van der Waals surface area contributed by atoms with Gasteiger partial charge in [-0.05, 0) is 36.8 Å². The standard InChI is InChI=1S/C18H22N2O6S/c1-12-5-7-15(25-3)14(9-12)20-18(21)11-19-27(22,23)17-10-13(24-2)6-8-16(17)26-4/h5-10,19H,11H2,1-4H3,(H,20,21). The summed E-state index contributed by atoms with van der Waals surface area (Å²) in [6.07, 6.45) is 0. The van der Waals surface area contributed by atoms with E-state index in [9.17, 15) is 13.2 Å². The number of sulfonamides is 1. The first-order valence-corrected chi connectivity index (χ1v) is 9.45. The molecule has 146 valence electrons. The number of hydrogen-bond donors (Lipinski definition) is 2. The van der Waals surface area contributed by atoms with Gasteiger partial charge in [-0.1, -0.05) is 6.07 Å². The quantitative estimate of drug-likeness (QED) is 0.709. The molecule has 9 heteroatoms. The fraction of sp³-hybridized carbons (Fsp3) is 0.278. The first-order valence-electron chi connectivity index (χ1n) is 7.97. The van der Waals surface area contributed by atoms with Crippen LogP contribution in [-0.4, -0.2) is 42.2 Å². The number of aryl methyl sites for hydroxylation is 1. The highest BCUT2D eigenvalue weighted by atomic mass is 32.2. The topological polar surface area (TPSA) is 103 Å². The van der Waals surface area contributed by atoms with Crippen molar-refractivity contribution in [3.63, 3.8) is 0 Å². The Morgan fingerprint density at radius 3 is 2.26 bits per heavy atom. The van der Waals surface area contributed by atoms with E-state index in [1.807, 2.05) is 13.0 Å². The lowest BCUT2D eigenvalue weighted by molar-refractivity contribution is -0.115. The van der Waals surface area contributed by atoms with Crippen LogP contribution < -0.4 is 24.2 Å². The lowest BCUT2D eigenvalue weighted by Gasteiger charge is -2.13. The highest BCUT2D eigenvalue weighted by Gasteiger charge is 2.21. The monoisotopic (exact) mass is 394 g/mol. The molecular formula is C18H22N2O6S. The Balaban J connectivity index is 2.14. The summed E-state index contributed by atoms with van der Waals surface area (Å²) in [7, 11) is 0.274. The molecule has 0 heterocycles. The Hall–Kier alpha value is -2.78. The maximum atomic E-state index is 12.6. The van der Waals surface area contributed by atoms with Crippen LogP contribution in [0.15, 0.2) is 41.3 Å². The highest BCUT2D eigenvalue weighted by molar-refractivity contribution is 7.89. The average Bonchev–Trinajstić information content (AvgIpc) is 2.66.